The molecule has 0 aliphatic rings. The molecule has 2 aromatic rings. The van der Waals surface area contributed by atoms with E-state index < -0.39 is 0 Å². The zero-order valence-corrected chi connectivity index (χ0v) is 10.8. The van der Waals surface area contributed by atoms with E-state index in [1.165, 1.54) is 11.1 Å². The second-order valence-electron chi connectivity index (χ2n) is 4.47. The molecule has 0 saturated carbocycles. The van der Waals surface area contributed by atoms with Gasteiger partial charge in [0, 0.05) is 6.04 Å². The standard InChI is InChI=1S/C16H19NO2/c17-15(12-18)10-11-19-16-8-6-14(7-9-16)13-4-2-1-3-5-13/h1-9,15,18H,10-12,17H2. The zero-order valence-electron chi connectivity index (χ0n) is 10.8. The molecule has 1 atom stereocenters. The number of benzene rings is 2. The second kappa shape index (κ2) is 6.92. The highest BCUT2D eigenvalue weighted by molar-refractivity contribution is 5.63. The van der Waals surface area contributed by atoms with E-state index >= 15 is 0 Å². The SMILES string of the molecule is NC(CO)CCOc1ccc(-c2ccccc2)cc1. The predicted octanol–water partition coefficient (Wildman–Crippen LogP) is 2.44. The fourth-order valence-electron chi connectivity index (χ4n) is 1.79. The van der Waals surface area contributed by atoms with Crippen molar-refractivity contribution in [3.8, 4) is 16.9 Å². The van der Waals surface area contributed by atoms with E-state index in [9.17, 15) is 0 Å². The molecule has 0 radical (unpaired) electrons. The Hall–Kier alpha value is -1.84. The van der Waals surface area contributed by atoms with E-state index in [1.54, 1.807) is 0 Å². The predicted molar refractivity (Wildman–Crippen MR) is 77.1 cm³/mol. The van der Waals surface area contributed by atoms with E-state index in [4.69, 9.17) is 15.6 Å². The van der Waals surface area contributed by atoms with Gasteiger partial charge in [-0.2, -0.15) is 0 Å². The van der Waals surface area contributed by atoms with Gasteiger partial charge in [-0.3, -0.25) is 0 Å². The summed E-state index contributed by atoms with van der Waals surface area (Å²) in [7, 11) is 0. The van der Waals surface area contributed by atoms with Crippen LogP contribution in [0.1, 0.15) is 6.42 Å². The molecule has 0 saturated heterocycles. The number of nitrogens with two attached hydrogens (primary N) is 1. The van der Waals surface area contributed by atoms with Crippen LogP contribution in [0.4, 0.5) is 0 Å². The van der Waals surface area contributed by atoms with E-state index in [0.717, 1.165) is 5.75 Å². The van der Waals surface area contributed by atoms with Gasteiger partial charge in [0.25, 0.3) is 0 Å². The van der Waals surface area contributed by atoms with Gasteiger partial charge in [0.05, 0.1) is 13.2 Å². The van der Waals surface area contributed by atoms with Gasteiger partial charge in [-0.05, 0) is 29.7 Å². The van der Waals surface area contributed by atoms with E-state index in [1.807, 2.05) is 42.5 Å². The Kier molecular flexibility index (Phi) is 4.95. The lowest BCUT2D eigenvalue weighted by Gasteiger charge is -2.10. The van der Waals surface area contributed by atoms with Crippen molar-refractivity contribution in [1.29, 1.82) is 0 Å². The molecular weight excluding hydrogens is 238 g/mol. The van der Waals surface area contributed by atoms with Crippen LogP contribution in [0.15, 0.2) is 54.6 Å². The van der Waals surface area contributed by atoms with Crippen LogP contribution in [0.25, 0.3) is 11.1 Å². The molecule has 3 nitrogen and oxygen atoms in total. The van der Waals surface area contributed by atoms with Crippen LogP contribution < -0.4 is 10.5 Å². The normalized spacial score (nSPS) is 12.1. The van der Waals surface area contributed by atoms with Crippen molar-refractivity contribution in [2.75, 3.05) is 13.2 Å². The van der Waals surface area contributed by atoms with E-state index in [-0.39, 0.29) is 12.6 Å². The Balaban J connectivity index is 1.92. The lowest BCUT2D eigenvalue weighted by atomic mass is 10.1. The number of rotatable bonds is 6. The molecule has 2 aromatic carbocycles. The van der Waals surface area contributed by atoms with Gasteiger partial charge in [-0.25, -0.2) is 0 Å². The molecule has 0 fully saturated rings. The third-order valence-corrected chi connectivity index (χ3v) is 2.95. The molecule has 0 aliphatic carbocycles. The zero-order chi connectivity index (χ0) is 13.5. The smallest absolute Gasteiger partial charge is 0.119 e. The highest BCUT2D eigenvalue weighted by atomic mass is 16.5. The third-order valence-electron chi connectivity index (χ3n) is 2.95. The largest absolute Gasteiger partial charge is 0.494 e. The number of aliphatic hydroxyl groups is 1. The van der Waals surface area contributed by atoms with Gasteiger partial charge in [0.1, 0.15) is 5.75 Å². The average molecular weight is 257 g/mol. The Morgan fingerprint density at radius 3 is 2.21 bits per heavy atom. The molecule has 0 bridgehead atoms. The molecule has 3 N–H and O–H groups in total. The maximum absolute atomic E-state index is 8.81. The first-order chi connectivity index (χ1) is 9.29. The first-order valence-electron chi connectivity index (χ1n) is 6.44. The highest BCUT2D eigenvalue weighted by Crippen LogP contribution is 2.22. The van der Waals surface area contributed by atoms with Crippen LogP contribution in [0.3, 0.4) is 0 Å². The van der Waals surface area contributed by atoms with Gasteiger partial charge >= 0.3 is 0 Å². The fraction of sp³-hybridized carbons (Fsp3) is 0.250. The number of aliphatic hydroxyl groups excluding tert-OH is 1. The summed E-state index contributed by atoms with van der Waals surface area (Å²) in [5, 5.41) is 8.81. The molecule has 0 aliphatic heterocycles. The first kappa shape index (κ1) is 13.6. The van der Waals surface area contributed by atoms with Crippen LogP contribution in [0, 0.1) is 0 Å². The summed E-state index contributed by atoms with van der Waals surface area (Å²) in [6, 6.07) is 18.0. The highest BCUT2D eigenvalue weighted by Gasteiger charge is 2.01. The summed E-state index contributed by atoms with van der Waals surface area (Å²) in [6.07, 6.45) is 0.650. The first-order valence-corrected chi connectivity index (χ1v) is 6.44. The van der Waals surface area contributed by atoms with Crippen molar-refractivity contribution in [2.24, 2.45) is 5.73 Å². The van der Waals surface area contributed by atoms with E-state index in [2.05, 4.69) is 12.1 Å². The average Bonchev–Trinajstić information content (AvgIpc) is 2.48. The summed E-state index contributed by atoms with van der Waals surface area (Å²) in [5.74, 6) is 0.824. The van der Waals surface area contributed by atoms with Crippen molar-refractivity contribution in [3.05, 3.63) is 54.6 Å². The van der Waals surface area contributed by atoms with Crippen LogP contribution in [-0.2, 0) is 0 Å². The Morgan fingerprint density at radius 2 is 1.58 bits per heavy atom. The lowest BCUT2D eigenvalue weighted by molar-refractivity contribution is 0.230. The molecule has 3 heteroatoms. The maximum atomic E-state index is 8.81. The van der Waals surface area contributed by atoms with Crippen LogP contribution >= 0.6 is 0 Å². The molecular formula is C16H19NO2. The molecule has 1 unspecified atom stereocenters. The molecule has 19 heavy (non-hydrogen) atoms. The maximum Gasteiger partial charge on any atom is 0.119 e. The summed E-state index contributed by atoms with van der Waals surface area (Å²) in [6.45, 7) is 0.517. The number of hydrogen-bond donors (Lipinski definition) is 2. The topological polar surface area (TPSA) is 55.5 Å². The monoisotopic (exact) mass is 257 g/mol. The summed E-state index contributed by atoms with van der Waals surface area (Å²) in [4.78, 5) is 0. The summed E-state index contributed by atoms with van der Waals surface area (Å²) in [5.41, 5.74) is 7.96. The minimum absolute atomic E-state index is 0.00367. The summed E-state index contributed by atoms with van der Waals surface area (Å²) >= 11 is 0. The molecule has 2 rings (SSSR count). The quantitative estimate of drug-likeness (QED) is 0.835. The van der Waals surface area contributed by atoms with E-state index in [0.29, 0.717) is 13.0 Å². The van der Waals surface area contributed by atoms with Crippen molar-refractivity contribution < 1.29 is 9.84 Å². The lowest BCUT2D eigenvalue weighted by Crippen LogP contribution is -2.26. The Morgan fingerprint density at radius 1 is 0.947 bits per heavy atom. The van der Waals surface area contributed by atoms with Crippen molar-refractivity contribution in [3.63, 3.8) is 0 Å². The molecule has 0 amide bonds. The molecule has 0 aromatic heterocycles. The Labute approximate surface area is 113 Å². The van der Waals surface area contributed by atoms with Gasteiger partial charge in [-0.1, -0.05) is 42.5 Å². The van der Waals surface area contributed by atoms with Gasteiger partial charge in [0.2, 0.25) is 0 Å². The number of ether oxygens (including phenoxy) is 1. The van der Waals surface area contributed by atoms with Crippen LogP contribution in [-0.4, -0.2) is 24.4 Å². The second-order valence-corrected chi connectivity index (χ2v) is 4.47. The fourth-order valence-corrected chi connectivity index (χ4v) is 1.79. The van der Waals surface area contributed by atoms with Crippen LogP contribution in [0.2, 0.25) is 0 Å². The molecule has 100 valence electrons. The molecule has 0 spiro atoms. The molecule has 0 heterocycles. The third kappa shape index (κ3) is 4.09. The van der Waals surface area contributed by atoms with Gasteiger partial charge in [0.15, 0.2) is 0 Å². The Bertz CT molecular complexity index is 482. The minimum Gasteiger partial charge on any atom is -0.494 e. The van der Waals surface area contributed by atoms with Crippen molar-refractivity contribution >= 4 is 0 Å². The number of hydrogen-bond acceptors (Lipinski definition) is 3. The van der Waals surface area contributed by atoms with Crippen molar-refractivity contribution in [1.82, 2.24) is 0 Å². The van der Waals surface area contributed by atoms with Gasteiger partial charge in [-0.15, -0.1) is 0 Å². The summed E-state index contributed by atoms with van der Waals surface area (Å²) < 4.78 is 5.58. The van der Waals surface area contributed by atoms with Crippen molar-refractivity contribution in [2.45, 2.75) is 12.5 Å². The van der Waals surface area contributed by atoms with Crippen LogP contribution in [0.5, 0.6) is 5.75 Å². The van der Waals surface area contributed by atoms with Gasteiger partial charge < -0.3 is 15.6 Å². The minimum atomic E-state index is -0.205.